The van der Waals surface area contributed by atoms with E-state index in [1.54, 1.807) is 12.4 Å². The zero-order valence-corrected chi connectivity index (χ0v) is 10.1. The van der Waals surface area contributed by atoms with Crippen molar-refractivity contribution in [3.63, 3.8) is 0 Å². The number of aliphatic hydroxyl groups is 1. The van der Waals surface area contributed by atoms with Crippen molar-refractivity contribution in [1.82, 2.24) is 4.98 Å². The monoisotopic (exact) mass is 270 g/mol. The predicted molar refractivity (Wildman–Crippen MR) is 63.8 cm³/mol. The highest BCUT2D eigenvalue weighted by molar-refractivity contribution is 9.10. The number of nitrogens with one attached hydrogen (secondary N) is 1. The van der Waals surface area contributed by atoms with E-state index >= 15 is 0 Å². The summed E-state index contributed by atoms with van der Waals surface area (Å²) in [6, 6.07) is 2.16. The van der Waals surface area contributed by atoms with E-state index in [0.717, 1.165) is 29.4 Å². The summed E-state index contributed by atoms with van der Waals surface area (Å²) in [5, 5.41) is 13.1. The number of aromatic nitrogens is 1. The fourth-order valence-corrected chi connectivity index (χ4v) is 2.35. The molecule has 0 spiro atoms. The summed E-state index contributed by atoms with van der Waals surface area (Å²) in [6.45, 7) is 0. The highest BCUT2D eigenvalue weighted by Crippen LogP contribution is 2.23. The Kier molecular flexibility index (Phi) is 3.59. The van der Waals surface area contributed by atoms with Gasteiger partial charge in [-0.05, 0) is 34.8 Å². The van der Waals surface area contributed by atoms with Gasteiger partial charge in [0, 0.05) is 10.7 Å². The average molecular weight is 271 g/mol. The lowest BCUT2D eigenvalue weighted by Crippen LogP contribution is -2.36. The molecule has 0 radical (unpaired) electrons. The summed E-state index contributed by atoms with van der Waals surface area (Å²) in [5.74, 6) is 0. The van der Waals surface area contributed by atoms with Gasteiger partial charge in [-0.3, -0.25) is 4.98 Å². The molecule has 1 saturated carbocycles. The van der Waals surface area contributed by atoms with Crippen molar-refractivity contribution in [1.29, 1.82) is 0 Å². The fraction of sp³-hybridized carbons (Fsp3) is 0.545. The van der Waals surface area contributed by atoms with Gasteiger partial charge in [0.05, 0.1) is 24.0 Å². The van der Waals surface area contributed by atoms with Crippen LogP contribution in [0.3, 0.4) is 0 Å². The second-order valence-corrected chi connectivity index (χ2v) is 4.91. The van der Waals surface area contributed by atoms with Crippen LogP contribution < -0.4 is 5.32 Å². The second kappa shape index (κ2) is 4.94. The molecular formula is C11H15BrN2O. The largest absolute Gasteiger partial charge is 0.391 e. The second-order valence-electron chi connectivity index (χ2n) is 3.99. The van der Waals surface area contributed by atoms with Crippen molar-refractivity contribution in [2.24, 2.45) is 0 Å². The molecule has 1 aromatic heterocycles. The molecule has 15 heavy (non-hydrogen) atoms. The van der Waals surface area contributed by atoms with Crippen LogP contribution in [0.5, 0.6) is 0 Å². The predicted octanol–water partition coefficient (Wildman–Crippen LogP) is 2.56. The number of aliphatic hydroxyl groups excluding tert-OH is 1. The number of rotatable bonds is 2. The zero-order chi connectivity index (χ0) is 10.7. The minimum absolute atomic E-state index is 0.176. The van der Waals surface area contributed by atoms with Crippen LogP contribution in [0.15, 0.2) is 22.9 Å². The first-order valence-electron chi connectivity index (χ1n) is 5.31. The van der Waals surface area contributed by atoms with Crippen LogP contribution in [0.1, 0.15) is 25.7 Å². The first-order valence-corrected chi connectivity index (χ1v) is 6.10. The molecule has 0 unspecified atom stereocenters. The van der Waals surface area contributed by atoms with E-state index in [4.69, 9.17) is 0 Å². The highest BCUT2D eigenvalue weighted by Gasteiger charge is 2.22. The van der Waals surface area contributed by atoms with Gasteiger partial charge in [0.2, 0.25) is 0 Å². The molecule has 2 N–H and O–H groups in total. The summed E-state index contributed by atoms with van der Waals surface area (Å²) in [5.41, 5.74) is 0.968. The molecule has 1 fully saturated rings. The smallest absolute Gasteiger partial charge is 0.0741 e. The van der Waals surface area contributed by atoms with E-state index in [1.807, 2.05) is 6.07 Å². The zero-order valence-electron chi connectivity index (χ0n) is 8.49. The quantitative estimate of drug-likeness (QED) is 0.869. The van der Waals surface area contributed by atoms with E-state index in [-0.39, 0.29) is 12.1 Å². The Balaban J connectivity index is 2.01. The Morgan fingerprint density at radius 1 is 1.33 bits per heavy atom. The van der Waals surface area contributed by atoms with Gasteiger partial charge in [-0.2, -0.15) is 0 Å². The molecular weight excluding hydrogens is 256 g/mol. The molecule has 0 bridgehead atoms. The maximum atomic E-state index is 9.80. The molecule has 2 atom stereocenters. The molecule has 0 aromatic carbocycles. The van der Waals surface area contributed by atoms with E-state index < -0.39 is 0 Å². The lowest BCUT2D eigenvalue weighted by Gasteiger charge is -2.29. The normalized spacial score (nSPS) is 26.3. The first-order chi connectivity index (χ1) is 7.25. The first kappa shape index (κ1) is 10.9. The van der Waals surface area contributed by atoms with Crippen molar-refractivity contribution in [3.8, 4) is 0 Å². The summed E-state index contributed by atoms with van der Waals surface area (Å²) < 4.78 is 0.956. The third kappa shape index (κ3) is 2.92. The lowest BCUT2D eigenvalue weighted by atomic mass is 9.92. The van der Waals surface area contributed by atoms with Crippen molar-refractivity contribution >= 4 is 21.6 Å². The number of hydrogen-bond acceptors (Lipinski definition) is 3. The van der Waals surface area contributed by atoms with Crippen LogP contribution in [0, 0.1) is 0 Å². The Morgan fingerprint density at radius 3 is 2.87 bits per heavy atom. The maximum Gasteiger partial charge on any atom is 0.0741 e. The Bertz CT molecular complexity index is 332. The SMILES string of the molecule is O[C@H]1CCCC[C@@H]1Nc1cncc(Br)c1. The molecule has 4 heteroatoms. The third-order valence-electron chi connectivity index (χ3n) is 2.79. The van der Waals surface area contributed by atoms with Gasteiger partial charge in [0.25, 0.3) is 0 Å². The Hall–Kier alpha value is -0.610. The van der Waals surface area contributed by atoms with Gasteiger partial charge in [-0.15, -0.1) is 0 Å². The average Bonchev–Trinajstić information content (AvgIpc) is 2.22. The van der Waals surface area contributed by atoms with Crippen molar-refractivity contribution in [3.05, 3.63) is 22.9 Å². The molecule has 0 aliphatic heterocycles. The Morgan fingerprint density at radius 2 is 2.13 bits per heavy atom. The number of nitrogens with zero attached hydrogens (tertiary/aromatic N) is 1. The molecule has 3 nitrogen and oxygen atoms in total. The molecule has 82 valence electrons. The maximum absolute atomic E-state index is 9.80. The summed E-state index contributed by atoms with van der Waals surface area (Å²) in [7, 11) is 0. The molecule has 1 aliphatic carbocycles. The molecule has 0 amide bonds. The topological polar surface area (TPSA) is 45.1 Å². The molecule has 1 heterocycles. The third-order valence-corrected chi connectivity index (χ3v) is 3.22. The van der Waals surface area contributed by atoms with Crippen LogP contribution in [-0.4, -0.2) is 22.2 Å². The minimum atomic E-state index is -0.224. The Labute approximate surface area is 98.0 Å². The van der Waals surface area contributed by atoms with Gasteiger partial charge in [-0.1, -0.05) is 12.8 Å². The molecule has 2 rings (SSSR count). The molecule has 1 aliphatic rings. The standard InChI is InChI=1S/C11H15BrN2O/c12-8-5-9(7-13-6-8)14-10-3-1-2-4-11(10)15/h5-7,10-11,14-15H,1-4H2/t10-,11-/m0/s1. The van der Waals surface area contributed by atoms with Crippen LogP contribution in [0.4, 0.5) is 5.69 Å². The van der Waals surface area contributed by atoms with Crippen molar-refractivity contribution < 1.29 is 5.11 Å². The van der Waals surface area contributed by atoms with Gasteiger partial charge in [0.15, 0.2) is 0 Å². The van der Waals surface area contributed by atoms with Crippen molar-refractivity contribution in [2.75, 3.05) is 5.32 Å². The number of pyridine rings is 1. The number of hydrogen-bond donors (Lipinski definition) is 2. The van der Waals surface area contributed by atoms with Crippen LogP contribution >= 0.6 is 15.9 Å². The van der Waals surface area contributed by atoms with E-state index in [9.17, 15) is 5.11 Å². The van der Waals surface area contributed by atoms with Gasteiger partial charge in [-0.25, -0.2) is 0 Å². The van der Waals surface area contributed by atoms with Gasteiger partial charge in [0.1, 0.15) is 0 Å². The van der Waals surface area contributed by atoms with Crippen LogP contribution in [0.2, 0.25) is 0 Å². The number of anilines is 1. The van der Waals surface area contributed by atoms with Gasteiger partial charge < -0.3 is 10.4 Å². The van der Waals surface area contributed by atoms with E-state index in [1.165, 1.54) is 6.42 Å². The summed E-state index contributed by atoms with van der Waals surface area (Å²) >= 11 is 3.38. The minimum Gasteiger partial charge on any atom is -0.391 e. The van der Waals surface area contributed by atoms with E-state index in [0.29, 0.717) is 0 Å². The lowest BCUT2D eigenvalue weighted by molar-refractivity contribution is 0.116. The van der Waals surface area contributed by atoms with E-state index in [2.05, 4.69) is 26.2 Å². The van der Waals surface area contributed by atoms with Crippen LogP contribution in [-0.2, 0) is 0 Å². The van der Waals surface area contributed by atoms with Crippen molar-refractivity contribution in [2.45, 2.75) is 37.8 Å². The summed E-state index contributed by atoms with van der Waals surface area (Å²) in [4.78, 5) is 4.08. The fourth-order valence-electron chi connectivity index (χ4n) is 1.98. The summed E-state index contributed by atoms with van der Waals surface area (Å²) in [6.07, 6.45) is 7.57. The van der Waals surface area contributed by atoms with Crippen LogP contribution in [0.25, 0.3) is 0 Å². The molecule has 1 aromatic rings. The highest BCUT2D eigenvalue weighted by atomic mass is 79.9. The molecule has 0 saturated heterocycles. The number of halogens is 1. The van der Waals surface area contributed by atoms with Gasteiger partial charge >= 0.3 is 0 Å².